The molecule has 3 heterocycles. The van der Waals surface area contributed by atoms with Crippen LogP contribution < -0.4 is 0 Å². The number of likely N-dealkylation sites (tertiary alicyclic amines) is 1. The summed E-state index contributed by atoms with van der Waals surface area (Å²) in [6, 6.07) is 13.5. The van der Waals surface area contributed by atoms with E-state index in [1.165, 1.54) is 4.88 Å². The molecule has 122 valence electrons. The molecular formula is C18H17N3O2S. The smallest absolute Gasteiger partial charge is 0.253 e. The summed E-state index contributed by atoms with van der Waals surface area (Å²) in [6.45, 7) is 1.36. The van der Waals surface area contributed by atoms with Gasteiger partial charge in [-0.3, -0.25) is 4.79 Å². The number of rotatable bonds is 4. The maximum atomic E-state index is 12.5. The minimum atomic E-state index is 0.0661. The fourth-order valence-corrected chi connectivity index (χ4v) is 3.69. The standard InChI is InChI=1S/C18H17N3O2S/c22-18(13-5-2-1-3-6-13)21-9-8-14(12-21)17-19-16(20-23-17)11-15-7-4-10-24-15/h1-7,10,14H,8-9,11-12H2/t14-/m1/s1. The van der Waals surface area contributed by atoms with Crippen LogP contribution in [0.15, 0.2) is 52.4 Å². The molecule has 3 aromatic rings. The minimum Gasteiger partial charge on any atom is -0.339 e. The Kier molecular flexibility index (Phi) is 4.13. The summed E-state index contributed by atoms with van der Waals surface area (Å²) >= 11 is 1.69. The van der Waals surface area contributed by atoms with E-state index in [2.05, 4.69) is 16.2 Å². The normalized spacial score (nSPS) is 17.3. The summed E-state index contributed by atoms with van der Waals surface area (Å²) in [4.78, 5) is 20.1. The Hall–Kier alpha value is -2.47. The third-order valence-electron chi connectivity index (χ3n) is 4.24. The van der Waals surface area contributed by atoms with Crippen LogP contribution in [0.4, 0.5) is 0 Å². The van der Waals surface area contributed by atoms with Crippen LogP contribution in [0.5, 0.6) is 0 Å². The van der Waals surface area contributed by atoms with Crippen molar-refractivity contribution >= 4 is 17.2 Å². The molecule has 0 aliphatic carbocycles. The van der Waals surface area contributed by atoms with Gasteiger partial charge in [0.2, 0.25) is 5.89 Å². The van der Waals surface area contributed by atoms with E-state index < -0.39 is 0 Å². The average Bonchev–Trinajstić information content (AvgIpc) is 3.37. The quantitative estimate of drug-likeness (QED) is 0.731. The number of amides is 1. The van der Waals surface area contributed by atoms with Crippen molar-refractivity contribution in [2.45, 2.75) is 18.8 Å². The molecule has 1 aromatic carbocycles. The lowest BCUT2D eigenvalue weighted by molar-refractivity contribution is 0.0789. The van der Waals surface area contributed by atoms with Crippen molar-refractivity contribution in [1.82, 2.24) is 15.0 Å². The zero-order valence-corrected chi connectivity index (χ0v) is 13.9. The molecule has 1 atom stereocenters. The van der Waals surface area contributed by atoms with Crippen molar-refractivity contribution in [3.8, 4) is 0 Å². The van der Waals surface area contributed by atoms with E-state index in [1.807, 2.05) is 46.7 Å². The van der Waals surface area contributed by atoms with Gasteiger partial charge in [0.1, 0.15) is 0 Å². The number of carbonyl (C=O) groups excluding carboxylic acids is 1. The Labute approximate surface area is 143 Å². The molecule has 6 heteroatoms. The first-order valence-corrected chi connectivity index (χ1v) is 8.87. The van der Waals surface area contributed by atoms with Gasteiger partial charge in [-0.1, -0.05) is 29.4 Å². The number of hydrogen-bond donors (Lipinski definition) is 0. The van der Waals surface area contributed by atoms with E-state index in [1.54, 1.807) is 11.3 Å². The van der Waals surface area contributed by atoms with Crippen molar-refractivity contribution in [1.29, 1.82) is 0 Å². The van der Waals surface area contributed by atoms with Crippen molar-refractivity contribution in [2.75, 3.05) is 13.1 Å². The second-order valence-electron chi connectivity index (χ2n) is 5.91. The highest BCUT2D eigenvalue weighted by atomic mass is 32.1. The van der Waals surface area contributed by atoms with Gasteiger partial charge in [0, 0.05) is 30.0 Å². The molecule has 0 spiro atoms. The number of benzene rings is 1. The summed E-state index contributed by atoms with van der Waals surface area (Å²) in [5.41, 5.74) is 0.724. The molecule has 1 aliphatic heterocycles. The van der Waals surface area contributed by atoms with Crippen molar-refractivity contribution in [3.05, 3.63) is 70.0 Å². The predicted octanol–water partition coefficient (Wildman–Crippen LogP) is 3.35. The molecule has 4 rings (SSSR count). The lowest BCUT2D eigenvalue weighted by Crippen LogP contribution is -2.28. The fraction of sp³-hybridized carbons (Fsp3) is 0.278. The van der Waals surface area contributed by atoms with Gasteiger partial charge in [-0.05, 0) is 30.0 Å². The molecule has 0 unspecified atom stereocenters. The van der Waals surface area contributed by atoms with Gasteiger partial charge in [-0.15, -0.1) is 11.3 Å². The maximum absolute atomic E-state index is 12.5. The molecule has 1 saturated heterocycles. The minimum absolute atomic E-state index is 0.0661. The van der Waals surface area contributed by atoms with Gasteiger partial charge < -0.3 is 9.42 Å². The molecule has 0 bridgehead atoms. The third kappa shape index (κ3) is 3.10. The van der Waals surface area contributed by atoms with E-state index >= 15 is 0 Å². The second-order valence-corrected chi connectivity index (χ2v) is 6.94. The van der Waals surface area contributed by atoms with Crippen molar-refractivity contribution in [3.63, 3.8) is 0 Å². The van der Waals surface area contributed by atoms with E-state index in [0.717, 1.165) is 18.5 Å². The largest absolute Gasteiger partial charge is 0.339 e. The first-order chi connectivity index (χ1) is 11.8. The summed E-state index contributed by atoms with van der Waals surface area (Å²) in [5.74, 6) is 1.55. The van der Waals surface area contributed by atoms with Crippen LogP contribution >= 0.6 is 11.3 Å². The molecule has 24 heavy (non-hydrogen) atoms. The maximum Gasteiger partial charge on any atom is 0.253 e. The van der Waals surface area contributed by atoms with Crippen LogP contribution in [0.3, 0.4) is 0 Å². The monoisotopic (exact) mass is 339 g/mol. The van der Waals surface area contributed by atoms with E-state index in [4.69, 9.17) is 4.52 Å². The molecule has 1 amide bonds. The zero-order valence-electron chi connectivity index (χ0n) is 13.1. The van der Waals surface area contributed by atoms with Crippen molar-refractivity contribution < 1.29 is 9.32 Å². The van der Waals surface area contributed by atoms with Gasteiger partial charge >= 0.3 is 0 Å². The number of thiophene rings is 1. The zero-order chi connectivity index (χ0) is 16.4. The Morgan fingerprint density at radius 1 is 1.25 bits per heavy atom. The highest BCUT2D eigenvalue weighted by Gasteiger charge is 2.31. The highest BCUT2D eigenvalue weighted by molar-refractivity contribution is 7.09. The Morgan fingerprint density at radius 2 is 2.12 bits per heavy atom. The summed E-state index contributed by atoms with van der Waals surface area (Å²) in [7, 11) is 0. The van der Waals surface area contributed by atoms with E-state index in [0.29, 0.717) is 24.7 Å². The molecule has 0 N–H and O–H groups in total. The molecule has 5 nitrogen and oxygen atoms in total. The Bertz CT molecular complexity index is 814. The number of aromatic nitrogens is 2. The highest BCUT2D eigenvalue weighted by Crippen LogP contribution is 2.27. The first-order valence-electron chi connectivity index (χ1n) is 7.99. The number of carbonyl (C=O) groups is 1. The predicted molar refractivity (Wildman–Crippen MR) is 91.1 cm³/mol. The van der Waals surface area contributed by atoms with Crippen LogP contribution in [-0.4, -0.2) is 34.0 Å². The van der Waals surface area contributed by atoms with Crippen LogP contribution in [0.25, 0.3) is 0 Å². The Morgan fingerprint density at radius 3 is 2.92 bits per heavy atom. The molecule has 1 fully saturated rings. The third-order valence-corrected chi connectivity index (χ3v) is 5.12. The van der Waals surface area contributed by atoms with Gasteiger partial charge in [-0.2, -0.15) is 4.98 Å². The number of nitrogens with zero attached hydrogens (tertiary/aromatic N) is 3. The van der Waals surface area contributed by atoms with Gasteiger partial charge in [-0.25, -0.2) is 0 Å². The van der Waals surface area contributed by atoms with Crippen LogP contribution in [0.1, 0.15) is 39.3 Å². The average molecular weight is 339 g/mol. The number of hydrogen-bond acceptors (Lipinski definition) is 5. The molecule has 2 aromatic heterocycles. The van der Waals surface area contributed by atoms with Crippen LogP contribution in [0, 0.1) is 0 Å². The van der Waals surface area contributed by atoms with Gasteiger partial charge in [0.15, 0.2) is 5.82 Å². The first kappa shape index (κ1) is 15.1. The summed E-state index contributed by atoms with van der Waals surface area (Å²) in [5, 5.41) is 6.12. The molecule has 0 radical (unpaired) electrons. The SMILES string of the molecule is O=C(c1ccccc1)N1CC[C@@H](c2nc(Cc3cccs3)no2)C1. The van der Waals surface area contributed by atoms with Gasteiger partial charge in [0.05, 0.1) is 5.92 Å². The summed E-state index contributed by atoms with van der Waals surface area (Å²) in [6.07, 6.45) is 1.56. The lowest BCUT2D eigenvalue weighted by atomic mass is 10.1. The second kappa shape index (κ2) is 6.57. The molecular weight excluding hydrogens is 322 g/mol. The van der Waals surface area contributed by atoms with E-state index in [-0.39, 0.29) is 11.8 Å². The summed E-state index contributed by atoms with van der Waals surface area (Å²) < 4.78 is 5.44. The Balaban J connectivity index is 1.42. The van der Waals surface area contributed by atoms with Crippen LogP contribution in [-0.2, 0) is 6.42 Å². The lowest BCUT2D eigenvalue weighted by Gasteiger charge is -2.15. The van der Waals surface area contributed by atoms with Gasteiger partial charge in [0.25, 0.3) is 5.91 Å². The van der Waals surface area contributed by atoms with Crippen LogP contribution in [0.2, 0.25) is 0 Å². The molecule has 1 aliphatic rings. The topological polar surface area (TPSA) is 59.2 Å². The van der Waals surface area contributed by atoms with E-state index in [9.17, 15) is 4.79 Å². The fourth-order valence-electron chi connectivity index (χ4n) is 2.98. The van der Waals surface area contributed by atoms with Crippen molar-refractivity contribution in [2.24, 2.45) is 0 Å². The molecule has 0 saturated carbocycles.